The molecule has 2 atom stereocenters. The number of carbonyl (C=O) groups is 1. The lowest BCUT2D eigenvalue weighted by Crippen LogP contribution is -2.40. The summed E-state index contributed by atoms with van der Waals surface area (Å²) in [6.07, 6.45) is 0.748. The van der Waals surface area contributed by atoms with Gasteiger partial charge in [-0.15, -0.1) is 11.6 Å². The van der Waals surface area contributed by atoms with E-state index in [1.54, 1.807) is 0 Å². The number of rotatable bonds is 6. The summed E-state index contributed by atoms with van der Waals surface area (Å²) in [7, 11) is 0. The van der Waals surface area contributed by atoms with E-state index in [1.165, 1.54) is 5.56 Å². The van der Waals surface area contributed by atoms with Crippen LogP contribution < -0.4 is 5.32 Å². The number of halogens is 1. The molecule has 0 aliphatic heterocycles. The van der Waals surface area contributed by atoms with Crippen LogP contribution in [0.1, 0.15) is 24.0 Å². The standard InChI is InChI=1S/C18H20ClNO/c1-14(16-10-6-3-7-11-16)18(21)20-17(13-19)12-15-8-4-2-5-9-15/h2-11,14,17H,12-13H2,1H3,(H,20,21). The zero-order chi connectivity index (χ0) is 15.1. The second kappa shape index (κ2) is 7.84. The normalized spacial score (nSPS) is 13.4. The first-order valence-electron chi connectivity index (χ1n) is 7.16. The zero-order valence-electron chi connectivity index (χ0n) is 12.1. The molecule has 0 radical (unpaired) electrons. The van der Waals surface area contributed by atoms with Gasteiger partial charge in [-0.3, -0.25) is 4.79 Å². The minimum Gasteiger partial charge on any atom is -0.351 e. The predicted octanol–water partition coefficient (Wildman–Crippen LogP) is 3.76. The number of carbonyl (C=O) groups excluding carboxylic acids is 1. The first kappa shape index (κ1) is 15.6. The van der Waals surface area contributed by atoms with Crippen LogP contribution in [0.2, 0.25) is 0 Å². The largest absolute Gasteiger partial charge is 0.351 e. The van der Waals surface area contributed by atoms with Crippen LogP contribution in [0.15, 0.2) is 60.7 Å². The van der Waals surface area contributed by atoms with Gasteiger partial charge in [0.05, 0.1) is 5.92 Å². The van der Waals surface area contributed by atoms with E-state index in [4.69, 9.17) is 11.6 Å². The van der Waals surface area contributed by atoms with Crippen molar-refractivity contribution in [3.63, 3.8) is 0 Å². The highest BCUT2D eigenvalue weighted by atomic mass is 35.5. The number of benzene rings is 2. The third-order valence-electron chi connectivity index (χ3n) is 3.55. The first-order chi connectivity index (χ1) is 10.2. The maximum absolute atomic E-state index is 12.3. The van der Waals surface area contributed by atoms with Gasteiger partial charge in [-0.05, 0) is 24.5 Å². The average Bonchev–Trinajstić information content (AvgIpc) is 2.55. The Bertz CT molecular complexity index is 556. The van der Waals surface area contributed by atoms with E-state index >= 15 is 0 Å². The Labute approximate surface area is 131 Å². The topological polar surface area (TPSA) is 29.1 Å². The molecule has 0 saturated carbocycles. The fraction of sp³-hybridized carbons (Fsp3) is 0.278. The van der Waals surface area contributed by atoms with E-state index < -0.39 is 0 Å². The molecule has 21 heavy (non-hydrogen) atoms. The molecule has 0 spiro atoms. The van der Waals surface area contributed by atoms with Crippen LogP contribution in [-0.2, 0) is 11.2 Å². The molecule has 0 heterocycles. The Hall–Kier alpha value is -1.80. The third-order valence-corrected chi connectivity index (χ3v) is 3.92. The van der Waals surface area contributed by atoms with E-state index in [-0.39, 0.29) is 17.9 Å². The van der Waals surface area contributed by atoms with Crippen LogP contribution in [0.4, 0.5) is 0 Å². The molecule has 2 aromatic rings. The molecular weight excluding hydrogens is 282 g/mol. The molecule has 1 amide bonds. The van der Waals surface area contributed by atoms with Gasteiger partial charge in [0.2, 0.25) is 5.91 Å². The van der Waals surface area contributed by atoms with E-state index in [2.05, 4.69) is 5.32 Å². The van der Waals surface area contributed by atoms with Gasteiger partial charge < -0.3 is 5.32 Å². The monoisotopic (exact) mass is 301 g/mol. The molecule has 0 fully saturated rings. The van der Waals surface area contributed by atoms with Crippen molar-refractivity contribution in [2.75, 3.05) is 5.88 Å². The molecule has 0 saturated heterocycles. The number of alkyl halides is 1. The lowest BCUT2D eigenvalue weighted by atomic mass is 9.99. The van der Waals surface area contributed by atoms with Gasteiger partial charge in [-0.1, -0.05) is 60.7 Å². The smallest absolute Gasteiger partial charge is 0.227 e. The number of amides is 1. The molecule has 0 aromatic heterocycles. The van der Waals surface area contributed by atoms with Gasteiger partial charge in [0.1, 0.15) is 0 Å². The number of hydrogen-bond donors (Lipinski definition) is 1. The summed E-state index contributed by atoms with van der Waals surface area (Å²) in [4.78, 5) is 12.3. The van der Waals surface area contributed by atoms with Crippen molar-refractivity contribution >= 4 is 17.5 Å². The highest BCUT2D eigenvalue weighted by Gasteiger charge is 2.18. The SMILES string of the molecule is CC(C(=O)NC(CCl)Cc1ccccc1)c1ccccc1. The van der Waals surface area contributed by atoms with Crippen molar-refractivity contribution in [1.82, 2.24) is 5.32 Å². The molecule has 110 valence electrons. The first-order valence-corrected chi connectivity index (χ1v) is 7.69. The van der Waals surface area contributed by atoms with Gasteiger partial charge in [0.25, 0.3) is 0 Å². The van der Waals surface area contributed by atoms with Crippen molar-refractivity contribution in [2.45, 2.75) is 25.3 Å². The van der Waals surface area contributed by atoms with Crippen LogP contribution in [0, 0.1) is 0 Å². The summed E-state index contributed by atoms with van der Waals surface area (Å²) < 4.78 is 0. The van der Waals surface area contributed by atoms with Gasteiger partial charge in [0, 0.05) is 11.9 Å². The van der Waals surface area contributed by atoms with Crippen LogP contribution >= 0.6 is 11.6 Å². The van der Waals surface area contributed by atoms with Crippen LogP contribution in [-0.4, -0.2) is 17.8 Å². The lowest BCUT2D eigenvalue weighted by molar-refractivity contribution is -0.122. The Balaban J connectivity index is 1.96. The van der Waals surface area contributed by atoms with Crippen molar-refractivity contribution in [3.05, 3.63) is 71.8 Å². The Kier molecular flexibility index (Phi) is 5.82. The maximum atomic E-state index is 12.3. The molecule has 0 bridgehead atoms. The summed E-state index contributed by atoms with van der Waals surface area (Å²) in [5, 5.41) is 3.04. The Morgan fingerprint density at radius 2 is 1.62 bits per heavy atom. The van der Waals surface area contributed by atoms with Gasteiger partial charge in [-0.25, -0.2) is 0 Å². The molecule has 2 aromatic carbocycles. The van der Waals surface area contributed by atoms with Crippen molar-refractivity contribution in [3.8, 4) is 0 Å². The molecule has 1 N–H and O–H groups in total. The summed E-state index contributed by atoms with van der Waals surface area (Å²) in [6, 6.07) is 19.8. The quantitative estimate of drug-likeness (QED) is 0.809. The molecule has 2 unspecified atom stereocenters. The fourth-order valence-corrected chi connectivity index (χ4v) is 2.45. The minimum absolute atomic E-state index is 0.0165. The van der Waals surface area contributed by atoms with Gasteiger partial charge >= 0.3 is 0 Å². The van der Waals surface area contributed by atoms with Crippen LogP contribution in [0.3, 0.4) is 0 Å². The second-order valence-corrected chi connectivity index (χ2v) is 5.49. The molecule has 2 nitrogen and oxygen atoms in total. The summed E-state index contributed by atoms with van der Waals surface area (Å²) in [5.74, 6) is 0.248. The molecular formula is C18H20ClNO. The molecule has 0 aliphatic rings. The Morgan fingerprint density at radius 3 is 2.19 bits per heavy atom. The fourth-order valence-electron chi connectivity index (χ4n) is 2.26. The Morgan fingerprint density at radius 1 is 1.05 bits per heavy atom. The van der Waals surface area contributed by atoms with E-state index in [9.17, 15) is 4.79 Å². The van der Waals surface area contributed by atoms with E-state index in [1.807, 2.05) is 67.6 Å². The average molecular weight is 302 g/mol. The highest BCUT2D eigenvalue weighted by Crippen LogP contribution is 2.15. The summed E-state index contributed by atoms with van der Waals surface area (Å²) in [5.41, 5.74) is 2.19. The summed E-state index contributed by atoms with van der Waals surface area (Å²) in [6.45, 7) is 1.92. The molecule has 2 rings (SSSR count). The maximum Gasteiger partial charge on any atom is 0.227 e. The molecule has 0 aliphatic carbocycles. The lowest BCUT2D eigenvalue weighted by Gasteiger charge is -2.19. The van der Waals surface area contributed by atoms with Crippen molar-refractivity contribution in [2.24, 2.45) is 0 Å². The van der Waals surface area contributed by atoms with Crippen molar-refractivity contribution in [1.29, 1.82) is 0 Å². The third kappa shape index (κ3) is 4.61. The molecule has 3 heteroatoms. The van der Waals surface area contributed by atoms with Gasteiger partial charge in [0.15, 0.2) is 0 Å². The van der Waals surface area contributed by atoms with Crippen LogP contribution in [0.5, 0.6) is 0 Å². The second-order valence-electron chi connectivity index (χ2n) is 5.18. The van der Waals surface area contributed by atoms with E-state index in [0.29, 0.717) is 5.88 Å². The number of nitrogens with one attached hydrogen (secondary N) is 1. The predicted molar refractivity (Wildman–Crippen MR) is 87.7 cm³/mol. The van der Waals surface area contributed by atoms with E-state index in [0.717, 1.165) is 12.0 Å². The minimum atomic E-state index is -0.173. The summed E-state index contributed by atoms with van der Waals surface area (Å²) >= 11 is 6.00. The van der Waals surface area contributed by atoms with Crippen LogP contribution in [0.25, 0.3) is 0 Å². The zero-order valence-corrected chi connectivity index (χ0v) is 12.9. The van der Waals surface area contributed by atoms with Crippen molar-refractivity contribution < 1.29 is 4.79 Å². The van der Waals surface area contributed by atoms with Gasteiger partial charge in [-0.2, -0.15) is 0 Å². The number of hydrogen-bond acceptors (Lipinski definition) is 1. The highest BCUT2D eigenvalue weighted by molar-refractivity contribution is 6.18.